The van der Waals surface area contributed by atoms with Crippen molar-refractivity contribution in [2.45, 2.75) is 4.90 Å². The van der Waals surface area contributed by atoms with Gasteiger partial charge in [0.15, 0.2) is 0 Å². The molecule has 17 heavy (non-hydrogen) atoms. The van der Waals surface area contributed by atoms with Gasteiger partial charge in [0.25, 0.3) is 0 Å². The van der Waals surface area contributed by atoms with Crippen LogP contribution in [0.1, 0.15) is 0 Å². The summed E-state index contributed by atoms with van der Waals surface area (Å²) in [6.07, 6.45) is 0. The summed E-state index contributed by atoms with van der Waals surface area (Å²) in [7, 11) is -3.49. The lowest BCUT2D eigenvalue weighted by molar-refractivity contribution is 0.155. The van der Waals surface area contributed by atoms with Crippen LogP contribution in [0.15, 0.2) is 29.2 Å². The molecule has 0 aromatic heterocycles. The monoisotopic (exact) mass is 297 g/mol. The van der Waals surface area contributed by atoms with Crippen molar-refractivity contribution in [1.29, 1.82) is 0 Å². The van der Waals surface area contributed by atoms with Gasteiger partial charge in [0.2, 0.25) is 10.0 Å². The minimum Gasteiger partial charge on any atom is -0.379 e. The zero-order valence-electron chi connectivity index (χ0n) is 9.03. The highest BCUT2D eigenvalue weighted by Gasteiger charge is 2.12. The molecule has 0 bridgehead atoms. The van der Waals surface area contributed by atoms with Crippen LogP contribution in [0.25, 0.3) is 0 Å². The Hall–Kier alpha value is -0.330. The molecule has 7 heteroatoms. The Kier molecular flexibility index (Phi) is 6.22. The van der Waals surface area contributed by atoms with E-state index in [9.17, 15) is 8.42 Å². The molecule has 1 aromatic carbocycles. The SMILES string of the molecule is O=S(=O)(NCCOCCCl)c1ccc(Cl)cc1. The van der Waals surface area contributed by atoms with Crippen LogP contribution in [0, 0.1) is 0 Å². The van der Waals surface area contributed by atoms with Gasteiger partial charge in [0.1, 0.15) is 0 Å². The Balaban J connectivity index is 2.48. The standard InChI is InChI=1S/C10H13Cl2NO3S/c11-5-7-16-8-6-13-17(14,15)10-3-1-9(12)2-4-10/h1-4,13H,5-8H2. The predicted molar refractivity (Wildman–Crippen MR) is 68.2 cm³/mol. The third kappa shape index (κ3) is 5.23. The van der Waals surface area contributed by atoms with Crippen molar-refractivity contribution < 1.29 is 13.2 Å². The zero-order chi connectivity index (χ0) is 12.7. The van der Waals surface area contributed by atoms with Gasteiger partial charge in [-0.25, -0.2) is 13.1 Å². The fourth-order valence-electron chi connectivity index (χ4n) is 1.10. The van der Waals surface area contributed by atoms with Gasteiger partial charge in [0.05, 0.1) is 18.1 Å². The van der Waals surface area contributed by atoms with Crippen molar-refractivity contribution in [3.63, 3.8) is 0 Å². The van der Waals surface area contributed by atoms with Crippen molar-refractivity contribution in [3.8, 4) is 0 Å². The van der Waals surface area contributed by atoms with Crippen LogP contribution < -0.4 is 4.72 Å². The van der Waals surface area contributed by atoms with E-state index in [1.807, 2.05) is 0 Å². The summed E-state index contributed by atoms with van der Waals surface area (Å²) >= 11 is 11.1. The molecule has 0 heterocycles. The van der Waals surface area contributed by atoms with Crippen molar-refractivity contribution in [2.24, 2.45) is 0 Å². The predicted octanol–water partition coefficient (Wildman–Crippen LogP) is 1.87. The first-order valence-corrected chi connectivity index (χ1v) is 7.35. The third-order valence-corrected chi connectivity index (χ3v) is 3.77. The molecule has 0 aliphatic carbocycles. The van der Waals surface area contributed by atoms with E-state index in [4.69, 9.17) is 27.9 Å². The largest absolute Gasteiger partial charge is 0.379 e. The molecule has 0 aliphatic rings. The Morgan fingerprint density at radius 2 is 1.82 bits per heavy atom. The van der Waals surface area contributed by atoms with Gasteiger partial charge in [-0.2, -0.15) is 0 Å². The molecule has 0 saturated heterocycles. The summed E-state index contributed by atoms with van der Waals surface area (Å²) < 4.78 is 30.9. The number of alkyl halides is 1. The summed E-state index contributed by atoms with van der Waals surface area (Å²) in [5, 5.41) is 0.495. The summed E-state index contributed by atoms with van der Waals surface area (Å²) in [4.78, 5) is 0.180. The first-order chi connectivity index (χ1) is 8.06. The highest BCUT2D eigenvalue weighted by molar-refractivity contribution is 7.89. The molecule has 0 saturated carbocycles. The molecule has 0 spiro atoms. The summed E-state index contributed by atoms with van der Waals surface area (Å²) in [6, 6.07) is 5.95. The van der Waals surface area contributed by atoms with Crippen molar-refractivity contribution in [2.75, 3.05) is 25.6 Å². The van der Waals surface area contributed by atoms with Crippen LogP contribution in [0.5, 0.6) is 0 Å². The summed E-state index contributed by atoms with van der Waals surface area (Å²) in [5.41, 5.74) is 0. The maximum Gasteiger partial charge on any atom is 0.240 e. The van der Waals surface area contributed by atoms with Crippen molar-refractivity contribution in [3.05, 3.63) is 29.3 Å². The van der Waals surface area contributed by atoms with E-state index in [0.29, 0.717) is 24.1 Å². The van der Waals surface area contributed by atoms with Crippen LogP contribution in [0.3, 0.4) is 0 Å². The highest BCUT2D eigenvalue weighted by Crippen LogP contribution is 2.13. The molecule has 0 unspecified atom stereocenters. The number of hydrogen-bond donors (Lipinski definition) is 1. The van der Waals surface area contributed by atoms with Crippen LogP contribution in [-0.4, -0.2) is 34.1 Å². The first-order valence-electron chi connectivity index (χ1n) is 4.95. The van der Waals surface area contributed by atoms with E-state index in [0.717, 1.165) is 0 Å². The highest BCUT2D eigenvalue weighted by atomic mass is 35.5. The van der Waals surface area contributed by atoms with E-state index in [-0.39, 0.29) is 11.4 Å². The van der Waals surface area contributed by atoms with Crippen molar-refractivity contribution in [1.82, 2.24) is 4.72 Å². The lowest BCUT2D eigenvalue weighted by Crippen LogP contribution is -2.27. The first kappa shape index (κ1) is 14.7. The molecule has 4 nitrogen and oxygen atoms in total. The van der Waals surface area contributed by atoms with Gasteiger partial charge >= 0.3 is 0 Å². The average molecular weight is 298 g/mol. The maximum absolute atomic E-state index is 11.7. The summed E-state index contributed by atoms with van der Waals surface area (Å²) in [5.74, 6) is 0.393. The smallest absolute Gasteiger partial charge is 0.240 e. The van der Waals surface area contributed by atoms with Gasteiger partial charge in [-0.15, -0.1) is 11.6 Å². The zero-order valence-corrected chi connectivity index (χ0v) is 11.4. The minimum atomic E-state index is -3.49. The second-order valence-electron chi connectivity index (χ2n) is 3.15. The second-order valence-corrected chi connectivity index (χ2v) is 5.73. The Morgan fingerprint density at radius 3 is 2.41 bits per heavy atom. The number of nitrogens with one attached hydrogen (secondary N) is 1. The fourth-order valence-corrected chi connectivity index (χ4v) is 2.35. The number of sulfonamides is 1. The maximum atomic E-state index is 11.7. The molecule has 96 valence electrons. The van der Waals surface area contributed by atoms with E-state index in [1.165, 1.54) is 24.3 Å². The molecule has 1 aromatic rings. The Bertz CT molecular complexity index is 433. The van der Waals surface area contributed by atoms with Gasteiger partial charge in [-0.05, 0) is 24.3 Å². The van der Waals surface area contributed by atoms with E-state index in [1.54, 1.807) is 0 Å². The van der Waals surface area contributed by atoms with Crippen LogP contribution in [-0.2, 0) is 14.8 Å². The molecule has 0 amide bonds. The number of halogens is 2. The number of rotatable bonds is 7. The molecular weight excluding hydrogens is 285 g/mol. The average Bonchev–Trinajstić information content (AvgIpc) is 2.29. The van der Waals surface area contributed by atoms with Crippen LogP contribution >= 0.6 is 23.2 Å². The molecule has 0 fully saturated rings. The van der Waals surface area contributed by atoms with Crippen LogP contribution in [0.2, 0.25) is 5.02 Å². The lowest BCUT2D eigenvalue weighted by atomic mass is 10.4. The number of hydrogen-bond acceptors (Lipinski definition) is 3. The second kappa shape index (κ2) is 7.18. The Morgan fingerprint density at radius 1 is 1.18 bits per heavy atom. The molecule has 0 aliphatic heterocycles. The van der Waals surface area contributed by atoms with E-state index >= 15 is 0 Å². The number of benzene rings is 1. The minimum absolute atomic E-state index is 0.180. The molecule has 1 rings (SSSR count). The van der Waals surface area contributed by atoms with Gasteiger partial charge in [-0.1, -0.05) is 11.6 Å². The van der Waals surface area contributed by atoms with Crippen LogP contribution in [0.4, 0.5) is 0 Å². The quantitative estimate of drug-likeness (QED) is 0.617. The van der Waals surface area contributed by atoms with E-state index < -0.39 is 10.0 Å². The fraction of sp³-hybridized carbons (Fsp3) is 0.400. The third-order valence-electron chi connectivity index (χ3n) is 1.88. The molecule has 0 atom stereocenters. The number of ether oxygens (including phenoxy) is 1. The van der Waals surface area contributed by atoms with Gasteiger partial charge < -0.3 is 4.74 Å². The molecular formula is C10H13Cl2NO3S. The molecule has 0 radical (unpaired) electrons. The van der Waals surface area contributed by atoms with Gasteiger partial charge in [0, 0.05) is 17.4 Å². The molecule has 1 N–H and O–H groups in total. The normalized spacial score (nSPS) is 11.6. The summed E-state index contributed by atoms with van der Waals surface area (Å²) in [6.45, 7) is 0.908. The van der Waals surface area contributed by atoms with Crippen molar-refractivity contribution >= 4 is 33.2 Å². The Labute approximate surface area is 111 Å². The van der Waals surface area contributed by atoms with E-state index in [2.05, 4.69) is 4.72 Å². The van der Waals surface area contributed by atoms with Gasteiger partial charge in [-0.3, -0.25) is 0 Å². The lowest BCUT2D eigenvalue weighted by Gasteiger charge is -2.06. The topological polar surface area (TPSA) is 55.4 Å².